The Bertz CT molecular complexity index is 2130. The zero-order chi connectivity index (χ0) is 33.7. The maximum atomic E-state index is 14.5. The first kappa shape index (κ1) is 29.5. The maximum Gasteiger partial charge on any atom is 0.407 e. The minimum Gasteiger partial charge on any atom is -0.453 e. The summed E-state index contributed by atoms with van der Waals surface area (Å²) in [7, 11) is 1.34. The number of aromatic amines is 2. The summed E-state index contributed by atoms with van der Waals surface area (Å²) in [4.78, 5) is 54.6. The van der Waals surface area contributed by atoms with Crippen molar-refractivity contribution < 1.29 is 14.3 Å². The van der Waals surface area contributed by atoms with E-state index in [2.05, 4.69) is 35.6 Å². The molecule has 3 aliphatic carbocycles. The Labute approximate surface area is 288 Å². The van der Waals surface area contributed by atoms with Gasteiger partial charge in [0.1, 0.15) is 17.2 Å². The number of rotatable bonds is 8. The van der Waals surface area contributed by atoms with E-state index >= 15 is 0 Å². The van der Waals surface area contributed by atoms with E-state index in [0.717, 1.165) is 71.1 Å². The van der Waals surface area contributed by atoms with Gasteiger partial charge in [0.25, 0.3) is 0 Å². The molecule has 2 saturated heterocycles. The number of aromatic nitrogens is 6. The average Bonchev–Trinajstić information content (AvgIpc) is 3.96. The summed E-state index contributed by atoms with van der Waals surface area (Å²) < 4.78 is 4.87. The maximum absolute atomic E-state index is 14.5. The highest BCUT2D eigenvalue weighted by Crippen LogP contribution is 2.64. The van der Waals surface area contributed by atoms with Gasteiger partial charge in [0.2, 0.25) is 5.91 Å². The van der Waals surface area contributed by atoms with Gasteiger partial charge in [-0.2, -0.15) is 0 Å². The molecule has 5 heterocycles. The summed E-state index contributed by atoms with van der Waals surface area (Å²) in [6.45, 7) is 1.71. The van der Waals surface area contributed by atoms with E-state index in [9.17, 15) is 9.59 Å². The molecule has 3 aromatic heterocycles. The lowest BCUT2D eigenvalue weighted by Gasteiger charge is -2.32. The summed E-state index contributed by atoms with van der Waals surface area (Å²) in [6.07, 6.45) is 11.6. The van der Waals surface area contributed by atoms with Crippen LogP contribution in [0.3, 0.4) is 0 Å². The number of imidazole rings is 2. The smallest absolute Gasteiger partial charge is 0.407 e. The third kappa shape index (κ3) is 4.27. The van der Waals surface area contributed by atoms with E-state index < -0.39 is 17.0 Å². The third-order valence-electron chi connectivity index (χ3n) is 12.0. The standard InChI is InChI=1S/C38H37N9O3/c1-50-35(49)46-30-17-36(30,25-5-3-2-4-6-25)34(48)47-14-12-27-16-38(27,47)33-42-20-28(45-33)22-7-9-23(10-8-22)31-39-18-24(19-40-31)29-21-41-32(44-29)37-15-26(37)11-13-43-37/h2-10,18-21,26-27,30,43H,11-17H2,1H3,(H,41,44)(H,42,45)(H,46,49)/t26-,27?,30?,36?,37?,38?/m0/s1. The topological polar surface area (TPSA) is 154 Å². The number of H-pyrrole nitrogens is 2. The molecule has 4 N–H and O–H groups in total. The van der Waals surface area contributed by atoms with Gasteiger partial charge in [-0.05, 0) is 61.6 Å². The Morgan fingerprint density at radius 2 is 1.52 bits per heavy atom. The molecular formula is C38H37N9O3. The van der Waals surface area contributed by atoms with Crippen molar-refractivity contribution in [2.75, 3.05) is 20.2 Å². The molecule has 0 radical (unpaired) electrons. The minimum atomic E-state index is -0.820. The Morgan fingerprint density at radius 3 is 2.22 bits per heavy atom. The normalized spacial score (nSPS) is 30.0. The molecule has 5 aliphatic rings. The highest BCUT2D eigenvalue weighted by atomic mass is 16.5. The Kier molecular flexibility index (Phi) is 6.25. The number of methoxy groups -OCH3 is 1. The molecule has 2 aliphatic heterocycles. The molecular weight excluding hydrogens is 630 g/mol. The van der Waals surface area contributed by atoms with Crippen LogP contribution in [0.5, 0.6) is 0 Å². The van der Waals surface area contributed by atoms with Crippen molar-refractivity contribution in [1.29, 1.82) is 0 Å². The van der Waals surface area contributed by atoms with E-state index in [0.29, 0.717) is 30.6 Å². The second-order valence-electron chi connectivity index (χ2n) is 14.6. The highest BCUT2D eigenvalue weighted by molar-refractivity contribution is 5.95. The van der Waals surface area contributed by atoms with Crippen LogP contribution in [-0.4, -0.2) is 73.0 Å². The first-order chi connectivity index (χ1) is 24.4. The molecule has 10 rings (SSSR count). The number of benzene rings is 2. The Hall–Kier alpha value is -5.36. The second-order valence-corrected chi connectivity index (χ2v) is 14.6. The van der Waals surface area contributed by atoms with Gasteiger partial charge in [0, 0.05) is 30.1 Å². The summed E-state index contributed by atoms with van der Waals surface area (Å²) in [6, 6.07) is 17.6. The molecule has 6 atom stereocenters. The van der Waals surface area contributed by atoms with Gasteiger partial charge in [0.15, 0.2) is 5.82 Å². The van der Waals surface area contributed by atoms with E-state index in [4.69, 9.17) is 9.72 Å². The van der Waals surface area contributed by atoms with Crippen LogP contribution >= 0.6 is 0 Å². The number of nitrogens with one attached hydrogen (secondary N) is 4. The number of ether oxygens (including phenoxy) is 1. The van der Waals surface area contributed by atoms with Crippen LogP contribution in [0.1, 0.15) is 49.3 Å². The number of nitrogens with zero attached hydrogens (tertiary/aromatic N) is 5. The molecule has 5 unspecified atom stereocenters. The van der Waals surface area contributed by atoms with Crippen LogP contribution in [0.25, 0.3) is 33.9 Å². The van der Waals surface area contributed by atoms with Crippen LogP contribution in [-0.2, 0) is 26.0 Å². The molecule has 2 aromatic carbocycles. The van der Waals surface area contributed by atoms with E-state index in [1.807, 2.05) is 84.3 Å². The lowest BCUT2D eigenvalue weighted by atomic mass is 9.92. The second kappa shape index (κ2) is 10.6. The molecule has 12 nitrogen and oxygen atoms in total. The van der Waals surface area contributed by atoms with Gasteiger partial charge >= 0.3 is 6.09 Å². The van der Waals surface area contributed by atoms with Crippen LogP contribution in [0.4, 0.5) is 4.79 Å². The quantitative estimate of drug-likeness (QED) is 0.187. The summed E-state index contributed by atoms with van der Waals surface area (Å²) in [5.41, 5.74) is 4.30. The van der Waals surface area contributed by atoms with Crippen molar-refractivity contribution in [1.82, 2.24) is 45.4 Å². The number of fused-ring (bicyclic) bond motifs is 2. The SMILES string of the molecule is COC(=O)NC1CC1(C(=O)N1CCC2CC21c1ncc(-c2ccc(-c3ncc(-c4cnc(C56C[C@@H]5CCN6)[nH]4)cn3)cc2)[nH]1)c1ccccc1. The predicted octanol–water partition coefficient (Wildman–Crippen LogP) is 4.65. The fraction of sp³-hybridized carbons (Fsp3) is 0.368. The molecule has 252 valence electrons. The number of amides is 2. The van der Waals surface area contributed by atoms with Crippen LogP contribution in [0.2, 0.25) is 0 Å². The molecule has 50 heavy (non-hydrogen) atoms. The molecule has 5 aromatic rings. The van der Waals surface area contributed by atoms with Crippen molar-refractivity contribution in [3.8, 4) is 33.9 Å². The zero-order valence-electron chi connectivity index (χ0n) is 27.6. The number of hydrogen-bond donors (Lipinski definition) is 4. The predicted molar refractivity (Wildman–Crippen MR) is 183 cm³/mol. The van der Waals surface area contributed by atoms with Gasteiger partial charge in [-0.25, -0.2) is 24.7 Å². The molecule has 0 spiro atoms. The molecule has 5 fully saturated rings. The van der Waals surface area contributed by atoms with Crippen molar-refractivity contribution >= 4 is 12.0 Å². The highest BCUT2D eigenvalue weighted by Gasteiger charge is 2.72. The molecule has 12 heteroatoms. The lowest BCUT2D eigenvalue weighted by molar-refractivity contribution is -0.136. The first-order valence-corrected chi connectivity index (χ1v) is 17.5. The number of carbonyl (C=O) groups is 2. The van der Waals surface area contributed by atoms with E-state index in [1.54, 1.807) is 0 Å². The summed E-state index contributed by atoms with van der Waals surface area (Å²) >= 11 is 0. The number of carbonyl (C=O) groups excluding carboxylic acids is 2. The van der Waals surface area contributed by atoms with Gasteiger partial charge < -0.3 is 30.2 Å². The number of likely N-dealkylation sites (tertiary alicyclic amines) is 1. The van der Waals surface area contributed by atoms with Crippen molar-refractivity contribution in [3.63, 3.8) is 0 Å². The number of alkyl carbamates (subject to hydrolysis) is 1. The summed E-state index contributed by atoms with van der Waals surface area (Å²) in [5.74, 6) is 3.56. The zero-order valence-corrected chi connectivity index (χ0v) is 27.6. The number of hydrogen-bond acceptors (Lipinski definition) is 8. The van der Waals surface area contributed by atoms with Crippen molar-refractivity contribution in [2.24, 2.45) is 11.8 Å². The largest absolute Gasteiger partial charge is 0.453 e. The lowest BCUT2D eigenvalue weighted by Crippen LogP contribution is -2.47. The number of piperidine rings is 2. The van der Waals surface area contributed by atoms with Gasteiger partial charge in [-0.15, -0.1) is 0 Å². The van der Waals surface area contributed by atoms with E-state index in [-0.39, 0.29) is 17.5 Å². The van der Waals surface area contributed by atoms with Gasteiger partial charge in [-0.3, -0.25) is 4.79 Å². The first-order valence-electron chi connectivity index (χ1n) is 17.5. The molecule has 0 bridgehead atoms. The van der Waals surface area contributed by atoms with Crippen LogP contribution in [0, 0.1) is 11.8 Å². The van der Waals surface area contributed by atoms with Crippen LogP contribution < -0.4 is 10.6 Å². The monoisotopic (exact) mass is 667 g/mol. The minimum absolute atomic E-state index is 0.0356. The third-order valence-corrected chi connectivity index (χ3v) is 12.0. The van der Waals surface area contributed by atoms with Crippen LogP contribution in [0.15, 0.2) is 79.4 Å². The fourth-order valence-electron chi connectivity index (χ4n) is 9.00. The Balaban J connectivity index is 0.864. The van der Waals surface area contributed by atoms with Gasteiger partial charge in [0.05, 0.1) is 47.9 Å². The molecule has 2 amide bonds. The molecule has 3 saturated carbocycles. The Morgan fingerprint density at radius 1 is 0.800 bits per heavy atom. The van der Waals surface area contributed by atoms with Crippen molar-refractivity contribution in [3.05, 3.63) is 96.6 Å². The van der Waals surface area contributed by atoms with Gasteiger partial charge in [-0.1, -0.05) is 54.6 Å². The fourth-order valence-corrected chi connectivity index (χ4v) is 9.00. The van der Waals surface area contributed by atoms with Crippen molar-refractivity contribution in [2.45, 2.75) is 54.6 Å². The summed E-state index contributed by atoms with van der Waals surface area (Å²) in [5, 5.41) is 6.52. The average molecular weight is 668 g/mol. The van der Waals surface area contributed by atoms with E-state index in [1.165, 1.54) is 13.5 Å².